The summed E-state index contributed by atoms with van der Waals surface area (Å²) in [5.41, 5.74) is 0.632. The first-order valence-corrected chi connectivity index (χ1v) is 6.79. The second kappa shape index (κ2) is 6.22. The Hall–Kier alpha value is -1.62. The lowest BCUT2D eigenvalue weighted by Gasteiger charge is -2.34. The molecule has 2 rings (SSSR count). The molecule has 1 N–H and O–H groups in total. The van der Waals surface area contributed by atoms with E-state index in [4.69, 9.17) is 4.74 Å². The Balaban J connectivity index is 1.99. The van der Waals surface area contributed by atoms with Crippen molar-refractivity contribution >= 4 is 5.91 Å². The maximum Gasteiger partial charge on any atom is 0.227 e. The highest BCUT2D eigenvalue weighted by Gasteiger charge is 2.27. The molecule has 1 fully saturated rings. The van der Waals surface area contributed by atoms with Crippen molar-refractivity contribution in [3.8, 4) is 5.75 Å². The van der Waals surface area contributed by atoms with Crippen LogP contribution < -0.4 is 4.74 Å². The molecule has 1 saturated heterocycles. The number of carbonyl (C=O) groups is 1. The number of methoxy groups -OCH3 is 1. The van der Waals surface area contributed by atoms with Crippen LogP contribution in [0.1, 0.15) is 18.9 Å². The fourth-order valence-electron chi connectivity index (χ4n) is 2.47. The zero-order valence-electron chi connectivity index (χ0n) is 11.8. The number of aliphatic hydroxyl groups excluding tert-OH is 1. The first-order valence-electron chi connectivity index (χ1n) is 6.79. The molecule has 1 heterocycles. The second-order valence-corrected chi connectivity index (χ2v) is 5.32. The molecule has 5 heteroatoms. The smallest absolute Gasteiger partial charge is 0.227 e. The molecule has 1 aromatic carbocycles. The first kappa shape index (κ1) is 14.8. The van der Waals surface area contributed by atoms with Crippen LogP contribution in [0.2, 0.25) is 0 Å². The number of halogens is 1. The number of amides is 1. The van der Waals surface area contributed by atoms with Gasteiger partial charge in [0.05, 0.1) is 19.6 Å². The van der Waals surface area contributed by atoms with Crippen LogP contribution in [-0.4, -0.2) is 42.2 Å². The van der Waals surface area contributed by atoms with E-state index in [0.717, 1.165) is 0 Å². The van der Waals surface area contributed by atoms with E-state index in [9.17, 15) is 14.3 Å². The van der Waals surface area contributed by atoms with Gasteiger partial charge in [-0.25, -0.2) is 4.39 Å². The molecule has 0 bridgehead atoms. The highest BCUT2D eigenvalue weighted by molar-refractivity contribution is 5.79. The standard InChI is InChI=1S/C15H20FNO3/c1-10-9-17(6-5-13(10)18)15(19)8-11-3-4-14(20-2)12(16)7-11/h3-4,7,10,13,18H,5-6,8-9H2,1-2H3. The van der Waals surface area contributed by atoms with Gasteiger partial charge in [0.2, 0.25) is 5.91 Å². The lowest BCUT2D eigenvalue weighted by molar-refractivity contribution is -0.133. The summed E-state index contributed by atoms with van der Waals surface area (Å²) in [5.74, 6) is -0.232. The minimum Gasteiger partial charge on any atom is -0.494 e. The van der Waals surface area contributed by atoms with Crippen molar-refractivity contribution in [3.63, 3.8) is 0 Å². The molecule has 0 aliphatic carbocycles. The van der Waals surface area contributed by atoms with E-state index in [-0.39, 0.29) is 30.1 Å². The van der Waals surface area contributed by atoms with E-state index >= 15 is 0 Å². The van der Waals surface area contributed by atoms with E-state index in [2.05, 4.69) is 0 Å². The summed E-state index contributed by atoms with van der Waals surface area (Å²) in [5, 5.41) is 9.66. The van der Waals surface area contributed by atoms with Crippen molar-refractivity contribution < 1.29 is 19.0 Å². The molecule has 2 unspecified atom stereocenters. The maximum absolute atomic E-state index is 13.6. The molecule has 1 amide bonds. The van der Waals surface area contributed by atoms with E-state index in [1.807, 2.05) is 6.92 Å². The van der Waals surface area contributed by atoms with Crippen molar-refractivity contribution in [2.75, 3.05) is 20.2 Å². The molecular formula is C15H20FNO3. The molecule has 0 aromatic heterocycles. The summed E-state index contributed by atoms with van der Waals surface area (Å²) >= 11 is 0. The summed E-state index contributed by atoms with van der Waals surface area (Å²) in [6, 6.07) is 4.56. The van der Waals surface area contributed by atoms with Gasteiger partial charge in [0.15, 0.2) is 11.6 Å². The Kier molecular flexibility index (Phi) is 4.60. The SMILES string of the molecule is COc1ccc(CC(=O)N2CCC(O)C(C)C2)cc1F. The zero-order valence-corrected chi connectivity index (χ0v) is 11.8. The highest BCUT2D eigenvalue weighted by atomic mass is 19.1. The average Bonchev–Trinajstić information content (AvgIpc) is 2.42. The molecule has 0 spiro atoms. The van der Waals surface area contributed by atoms with Crippen molar-refractivity contribution in [2.45, 2.75) is 25.9 Å². The third-order valence-electron chi connectivity index (χ3n) is 3.78. The maximum atomic E-state index is 13.6. The number of ether oxygens (including phenoxy) is 1. The van der Waals surface area contributed by atoms with Crippen LogP contribution >= 0.6 is 0 Å². The van der Waals surface area contributed by atoms with Crippen LogP contribution in [0.3, 0.4) is 0 Å². The van der Waals surface area contributed by atoms with Gasteiger partial charge in [0.25, 0.3) is 0 Å². The largest absolute Gasteiger partial charge is 0.494 e. The van der Waals surface area contributed by atoms with Crippen LogP contribution in [0, 0.1) is 11.7 Å². The molecule has 1 aromatic rings. The van der Waals surface area contributed by atoms with Gasteiger partial charge in [-0.3, -0.25) is 4.79 Å². The number of benzene rings is 1. The Morgan fingerprint density at radius 3 is 2.90 bits per heavy atom. The molecular weight excluding hydrogens is 261 g/mol. The summed E-state index contributed by atoms with van der Waals surface area (Å²) in [6.07, 6.45) is 0.436. The Labute approximate surface area is 118 Å². The van der Waals surface area contributed by atoms with Gasteiger partial charge in [-0.05, 0) is 30.0 Å². The van der Waals surface area contributed by atoms with Crippen LogP contribution in [0.5, 0.6) is 5.75 Å². The predicted octanol–water partition coefficient (Wildman–Crippen LogP) is 1.61. The molecule has 4 nitrogen and oxygen atoms in total. The molecule has 20 heavy (non-hydrogen) atoms. The molecule has 0 saturated carbocycles. The van der Waals surface area contributed by atoms with Gasteiger partial charge in [-0.2, -0.15) is 0 Å². The molecule has 1 aliphatic heterocycles. The fourth-order valence-corrected chi connectivity index (χ4v) is 2.47. The van der Waals surface area contributed by atoms with Gasteiger partial charge in [0, 0.05) is 13.1 Å². The lowest BCUT2D eigenvalue weighted by Crippen LogP contribution is -2.45. The summed E-state index contributed by atoms with van der Waals surface area (Å²) in [4.78, 5) is 13.9. The molecule has 110 valence electrons. The minimum absolute atomic E-state index is 0.0340. The van der Waals surface area contributed by atoms with Gasteiger partial charge in [0.1, 0.15) is 0 Å². The van der Waals surface area contributed by atoms with E-state index in [1.165, 1.54) is 19.2 Å². The minimum atomic E-state index is -0.458. The van der Waals surface area contributed by atoms with Crippen LogP contribution in [0.25, 0.3) is 0 Å². The molecule has 0 radical (unpaired) electrons. The van der Waals surface area contributed by atoms with Gasteiger partial charge >= 0.3 is 0 Å². The Bertz CT molecular complexity index is 492. The summed E-state index contributed by atoms with van der Waals surface area (Å²) in [6.45, 7) is 3.04. The number of aliphatic hydroxyl groups is 1. The summed E-state index contributed by atoms with van der Waals surface area (Å²) < 4.78 is 18.4. The van der Waals surface area contributed by atoms with Crippen LogP contribution in [0.4, 0.5) is 4.39 Å². The second-order valence-electron chi connectivity index (χ2n) is 5.32. The molecule has 2 atom stereocenters. The quantitative estimate of drug-likeness (QED) is 0.915. The van der Waals surface area contributed by atoms with Crippen molar-refractivity contribution in [2.24, 2.45) is 5.92 Å². The number of likely N-dealkylation sites (tertiary alicyclic amines) is 1. The third kappa shape index (κ3) is 3.28. The topological polar surface area (TPSA) is 49.8 Å². The van der Waals surface area contributed by atoms with E-state index in [1.54, 1.807) is 11.0 Å². The van der Waals surface area contributed by atoms with Crippen molar-refractivity contribution in [3.05, 3.63) is 29.6 Å². The average molecular weight is 281 g/mol. The molecule has 1 aliphatic rings. The zero-order chi connectivity index (χ0) is 14.7. The Morgan fingerprint density at radius 1 is 1.55 bits per heavy atom. The highest BCUT2D eigenvalue weighted by Crippen LogP contribution is 2.20. The number of piperidine rings is 1. The van der Waals surface area contributed by atoms with Crippen LogP contribution in [0.15, 0.2) is 18.2 Å². The normalized spacial score (nSPS) is 22.7. The van der Waals surface area contributed by atoms with Gasteiger partial charge in [-0.1, -0.05) is 13.0 Å². The number of hydrogen-bond acceptors (Lipinski definition) is 3. The number of carbonyl (C=O) groups excluding carboxylic acids is 1. The van der Waals surface area contributed by atoms with Gasteiger partial charge in [-0.15, -0.1) is 0 Å². The number of rotatable bonds is 3. The van der Waals surface area contributed by atoms with E-state index < -0.39 is 5.82 Å². The van der Waals surface area contributed by atoms with Crippen LogP contribution in [-0.2, 0) is 11.2 Å². The number of nitrogens with zero attached hydrogens (tertiary/aromatic N) is 1. The van der Waals surface area contributed by atoms with Crippen molar-refractivity contribution in [1.82, 2.24) is 4.90 Å². The fraction of sp³-hybridized carbons (Fsp3) is 0.533. The lowest BCUT2D eigenvalue weighted by atomic mass is 9.96. The van der Waals surface area contributed by atoms with E-state index in [0.29, 0.717) is 25.1 Å². The Morgan fingerprint density at radius 2 is 2.30 bits per heavy atom. The monoisotopic (exact) mass is 281 g/mol. The van der Waals surface area contributed by atoms with Crippen molar-refractivity contribution in [1.29, 1.82) is 0 Å². The summed E-state index contributed by atoms with van der Waals surface area (Å²) in [7, 11) is 1.41. The first-order chi connectivity index (χ1) is 9.51. The third-order valence-corrected chi connectivity index (χ3v) is 3.78. The number of hydrogen-bond donors (Lipinski definition) is 1. The van der Waals surface area contributed by atoms with Gasteiger partial charge < -0.3 is 14.7 Å². The predicted molar refractivity (Wildman–Crippen MR) is 73.0 cm³/mol.